The van der Waals surface area contributed by atoms with Crippen molar-refractivity contribution in [2.24, 2.45) is 7.05 Å². The summed E-state index contributed by atoms with van der Waals surface area (Å²) in [7, 11) is 3.11. The molecule has 0 atom stereocenters. The van der Waals surface area contributed by atoms with Gasteiger partial charge in [-0.05, 0) is 6.07 Å². The summed E-state index contributed by atoms with van der Waals surface area (Å²) in [6.45, 7) is 0.426. The molecule has 7 heteroatoms. The molecule has 0 saturated heterocycles. The van der Waals surface area contributed by atoms with Crippen LogP contribution in [0.4, 0.5) is 5.69 Å². The van der Waals surface area contributed by atoms with E-state index in [9.17, 15) is 4.79 Å². The first-order valence-electron chi connectivity index (χ1n) is 4.99. The smallest absolute Gasteiger partial charge is 0.354 e. The third kappa shape index (κ3) is 2.27. The molecule has 2 N–H and O–H groups in total. The molecule has 2 rings (SSSR count). The van der Waals surface area contributed by atoms with Crippen molar-refractivity contribution in [3.8, 4) is 0 Å². The maximum Gasteiger partial charge on any atom is 0.354 e. The lowest BCUT2D eigenvalue weighted by molar-refractivity contribution is 0.0589. The van der Waals surface area contributed by atoms with Gasteiger partial charge >= 0.3 is 5.97 Å². The monoisotopic (exact) mass is 235 g/mol. The van der Waals surface area contributed by atoms with Crippen molar-refractivity contribution in [3.05, 3.63) is 29.8 Å². The highest BCUT2D eigenvalue weighted by Crippen LogP contribution is 2.13. The second-order valence-electron chi connectivity index (χ2n) is 3.66. The summed E-state index contributed by atoms with van der Waals surface area (Å²) in [4.78, 5) is 11.5. The number of carbonyl (C=O) groups excluding carboxylic acids is 1. The topological polar surface area (TPSA) is 88.0 Å². The highest BCUT2D eigenvalue weighted by molar-refractivity contribution is 5.89. The van der Waals surface area contributed by atoms with Gasteiger partial charge in [0.2, 0.25) is 0 Å². The fraction of sp³-hybridized carbons (Fsp3) is 0.300. The van der Waals surface area contributed by atoms with Crippen LogP contribution < -0.4 is 5.73 Å². The van der Waals surface area contributed by atoms with Crippen molar-refractivity contribution in [2.45, 2.75) is 6.54 Å². The summed E-state index contributed by atoms with van der Waals surface area (Å²) < 4.78 is 7.96. The van der Waals surface area contributed by atoms with Gasteiger partial charge in [-0.2, -0.15) is 0 Å². The third-order valence-electron chi connectivity index (χ3n) is 2.29. The summed E-state index contributed by atoms with van der Waals surface area (Å²) in [6.07, 6.45) is 3.44. The van der Waals surface area contributed by atoms with Crippen molar-refractivity contribution in [1.82, 2.24) is 19.6 Å². The molecule has 0 aromatic carbocycles. The lowest BCUT2D eigenvalue weighted by Gasteiger charge is -2.04. The number of hydrogen-bond acceptors (Lipinski definition) is 5. The largest absolute Gasteiger partial charge is 0.464 e. The fourth-order valence-electron chi connectivity index (χ4n) is 1.58. The Bertz CT molecular complexity index is 543. The minimum Gasteiger partial charge on any atom is -0.464 e. The first kappa shape index (κ1) is 11.2. The van der Waals surface area contributed by atoms with Gasteiger partial charge in [0.05, 0.1) is 19.3 Å². The molecule has 2 aromatic rings. The normalized spacial score (nSPS) is 10.5. The predicted molar refractivity (Wildman–Crippen MR) is 60.3 cm³/mol. The third-order valence-corrected chi connectivity index (χ3v) is 2.29. The Balaban J connectivity index is 2.29. The number of nitrogen functional groups attached to an aromatic ring is 1. The van der Waals surface area contributed by atoms with Gasteiger partial charge in [0.15, 0.2) is 0 Å². The van der Waals surface area contributed by atoms with Crippen molar-refractivity contribution in [2.75, 3.05) is 12.8 Å². The number of nitrogens with zero attached hydrogens (tertiary/aromatic N) is 4. The van der Waals surface area contributed by atoms with Crippen LogP contribution in [0.2, 0.25) is 0 Å². The fourth-order valence-corrected chi connectivity index (χ4v) is 1.58. The quantitative estimate of drug-likeness (QED) is 0.758. The lowest BCUT2D eigenvalue weighted by Crippen LogP contribution is -2.10. The van der Waals surface area contributed by atoms with Crippen molar-refractivity contribution >= 4 is 11.7 Å². The Morgan fingerprint density at radius 3 is 2.88 bits per heavy atom. The Morgan fingerprint density at radius 2 is 2.29 bits per heavy atom. The minimum atomic E-state index is -0.425. The van der Waals surface area contributed by atoms with Crippen LogP contribution in [-0.4, -0.2) is 32.6 Å². The Kier molecular flexibility index (Phi) is 2.82. The number of rotatable bonds is 3. The van der Waals surface area contributed by atoms with E-state index in [0.717, 1.165) is 5.69 Å². The number of aromatic nitrogens is 4. The van der Waals surface area contributed by atoms with Gasteiger partial charge in [0, 0.05) is 19.4 Å². The van der Waals surface area contributed by atoms with Crippen molar-refractivity contribution < 1.29 is 9.53 Å². The number of aryl methyl sites for hydroxylation is 1. The number of methoxy groups -OCH3 is 1. The zero-order chi connectivity index (χ0) is 12.4. The molecule has 0 fully saturated rings. The van der Waals surface area contributed by atoms with E-state index in [1.54, 1.807) is 34.8 Å². The number of anilines is 1. The molecule has 0 saturated carbocycles. The van der Waals surface area contributed by atoms with E-state index in [4.69, 9.17) is 5.73 Å². The van der Waals surface area contributed by atoms with Crippen LogP contribution in [-0.2, 0) is 18.3 Å². The molecule has 0 bridgehead atoms. The summed E-state index contributed by atoms with van der Waals surface area (Å²) >= 11 is 0. The van der Waals surface area contributed by atoms with Crippen LogP contribution in [0, 0.1) is 0 Å². The molecule has 0 aliphatic heterocycles. The summed E-state index contributed by atoms with van der Waals surface area (Å²) in [5, 5.41) is 7.77. The first-order chi connectivity index (χ1) is 8.10. The molecule has 90 valence electrons. The molecule has 0 amide bonds. The molecular formula is C10H13N5O2. The molecular weight excluding hydrogens is 222 g/mol. The van der Waals surface area contributed by atoms with E-state index in [1.165, 1.54) is 7.11 Å². The molecule has 0 aliphatic rings. The molecule has 0 spiro atoms. The van der Waals surface area contributed by atoms with Gasteiger partial charge < -0.3 is 15.0 Å². The van der Waals surface area contributed by atoms with Gasteiger partial charge in [-0.1, -0.05) is 5.21 Å². The average molecular weight is 235 g/mol. The second kappa shape index (κ2) is 4.28. The number of hydrogen-bond donors (Lipinski definition) is 1. The minimum absolute atomic E-state index is 0.399. The Hall–Kier alpha value is -2.31. The molecule has 0 radical (unpaired) electrons. The van der Waals surface area contributed by atoms with Crippen LogP contribution in [0.3, 0.4) is 0 Å². The summed E-state index contributed by atoms with van der Waals surface area (Å²) in [5.74, 6) is -0.425. The molecule has 0 aliphatic carbocycles. The summed E-state index contributed by atoms with van der Waals surface area (Å²) in [6, 6.07) is 1.57. The van der Waals surface area contributed by atoms with Gasteiger partial charge in [0.25, 0.3) is 0 Å². The standard InChI is InChI=1S/C10H13N5O2/c1-14-5-8(12-13-14)6-15-4-7(11)3-9(15)10(16)17-2/h3-5H,6,11H2,1-2H3. The molecule has 0 unspecified atom stereocenters. The van der Waals surface area contributed by atoms with E-state index in [-0.39, 0.29) is 0 Å². The van der Waals surface area contributed by atoms with Crippen LogP contribution >= 0.6 is 0 Å². The van der Waals surface area contributed by atoms with E-state index < -0.39 is 5.97 Å². The molecule has 2 aromatic heterocycles. The number of carbonyl (C=O) groups is 1. The Labute approximate surface area is 97.8 Å². The van der Waals surface area contributed by atoms with Crippen molar-refractivity contribution in [3.63, 3.8) is 0 Å². The van der Waals surface area contributed by atoms with Crippen LogP contribution in [0.1, 0.15) is 16.2 Å². The lowest BCUT2D eigenvalue weighted by atomic mass is 10.4. The molecule has 17 heavy (non-hydrogen) atoms. The van der Waals surface area contributed by atoms with Gasteiger partial charge in [0.1, 0.15) is 11.4 Å². The highest BCUT2D eigenvalue weighted by Gasteiger charge is 2.14. The van der Waals surface area contributed by atoms with Gasteiger partial charge in [-0.3, -0.25) is 4.68 Å². The molecule has 2 heterocycles. The number of esters is 1. The average Bonchev–Trinajstić information content (AvgIpc) is 2.85. The maximum absolute atomic E-state index is 11.5. The van der Waals surface area contributed by atoms with Crippen molar-refractivity contribution in [1.29, 1.82) is 0 Å². The van der Waals surface area contributed by atoms with E-state index >= 15 is 0 Å². The van der Waals surface area contributed by atoms with Crippen LogP contribution in [0.5, 0.6) is 0 Å². The van der Waals surface area contributed by atoms with Gasteiger partial charge in [-0.25, -0.2) is 4.79 Å². The zero-order valence-electron chi connectivity index (χ0n) is 9.62. The number of ether oxygens (including phenoxy) is 1. The second-order valence-corrected chi connectivity index (χ2v) is 3.66. The van der Waals surface area contributed by atoms with Crippen LogP contribution in [0.15, 0.2) is 18.5 Å². The zero-order valence-corrected chi connectivity index (χ0v) is 9.62. The van der Waals surface area contributed by atoms with E-state index in [1.807, 2.05) is 0 Å². The van der Waals surface area contributed by atoms with Gasteiger partial charge in [-0.15, -0.1) is 5.10 Å². The first-order valence-corrected chi connectivity index (χ1v) is 4.99. The predicted octanol–water partition coefficient (Wildman–Crippen LogP) is 0.0337. The number of nitrogens with two attached hydrogens (primary N) is 1. The van der Waals surface area contributed by atoms with Crippen LogP contribution in [0.25, 0.3) is 0 Å². The molecule has 7 nitrogen and oxygen atoms in total. The highest BCUT2D eigenvalue weighted by atomic mass is 16.5. The summed E-state index contributed by atoms with van der Waals surface area (Å²) in [5.41, 5.74) is 7.31. The maximum atomic E-state index is 11.5. The Morgan fingerprint density at radius 1 is 1.53 bits per heavy atom. The SMILES string of the molecule is COC(=O)c1cc(N)cn1Cc1cn(C)nn1. The van der Waals surface area contributed by atoms with E-state index in [2.05, 4.69) is 15.0 Å². The van der Waals surface area contributed by atoms with E-state index in [0.29, 0.717) is 17.9 Å².